The van der Waals surface area contributed by atoms with Crippen LogP contribution in [0.15, 0.2) is 40.9 Å². The molecular formula is C15H18N2O3. The average Bonchev–Trinajstić information content (AvgIpc) is 2.88. The van der Waals surface area contributed by atoms with E-state index in [1.165, 1.54) is 0 Å². The maximum atomic E-state index is 10.8. The van der Waals surface area contributed by atoms with Crippen LogP contribution in [0.5, 0.6) is 0 Å². The van der Waals surface area contributed by atoms with Gasteiger partial charge in [-0.2, -0.15) is 0 Å². The molecule has 0 aliphatic carbocycles. The van der Waals surface area contributed by atoms with Gasteiger partial charge >= 0.3 is 5.97 Å². The zero-order valence-corrected chi connectivity index (χ0v) is 11.5. The Labute approximate surface area is 117 Å². The third-order valence-electron chi connectivity index (χ3n) is 2.91. The molecule has 1 aromatic carbocycles. The lowest BCUT2D eigenvalue weighted by Crippen LogP contribution is -2.29. The van der Waals surface area contributed by atoms with Crippen molar-refractivity contribution in [1.82, 2.24) is 10.1 Å². The predicted molar refractivity (Wildman–Crippen MR) is 75.1 cm³/mol. The number of aliphatic carboxylic acids is 1. The van der Waals surface area contributed by atoms with Gasteiger partial charge in [-0.05, 0) is 13.0 Å². The summed E-state index contributed by atoms with van der Waals surface area (Å²) in [5.74, 6) is -0.153. The second kappa shape index (κ2) is 6.86. The molecule has 0 spiro atoms. The van der Waals surface area contributed by atoms with Crippen molar-refractivity contribution in [1.29, 1.82) is 0 Å². The van der Waals surface area contributed by atoms with Crippen LogP contribution in [0.2, 0.25) is 0 Å². The molecule has 1 heterocycles. The van der Waals surface area contributed by atoms with Gasteiger partial charge in [0.1, 0.15) is 5.69 Å². The third-order valence-corrected chi connectivity index (χ3v) is 2.91. The minimum atomic E-state index is -0.832. The second-order valence-electron chi connectivity index (χ2n) is 4.65. The average molecular weight is 274 g/mol. The first-order chi connectivity index (χ1) is 9.69. The highest BCUT2D eigenvalue weighted by molar-refractivity contribution is 5.69. The summed E-state index contributed by atoms with van der Waals surface area (Å²) in [6.07, 6.45) is 0.896. The van der Waals surface area contributed by atoms with Crippen LogP contribution >= 0.6 is 0 Å². The van der Waals surface area contributed by atoms with Gasteiger partial charge < -0.3 is 9.63 Å². The van der Waals surface area contributed by atoms with E-state index < -0.39 is 5.97 Å². The van der Waals surface area contributed by atoms with Crippen LogP contribution in [0.4, 0.5) is 0 Å². The Bertz CT molecular complexity index is 551. The first kappa shape index (κ1) is 14.3. The van der Waals surface area contributed by atoms with Gasteiger partial charge in [-0.15, -0.1) is 0 Å². The van der Waals surface area contributed by atoms with Crippen molar-refractivity contribution < 1.29 is 14.4 Å². The van der Waals surface area contributed by atoms with Crippen LogP contribution in [0.1, 0.15) is 19.1 Å². The van der Waals surface area contributed by atoms with Gasteiger partial charge in [-0.25, -0.2) is 0 Å². The van der Waals surface area contributed by atoms with Gasteiger partial charge in [0.25, 0.3) is 0 Å². The van der Waals surface area contributed by atoms with Crippen molar-refractivity contribution in [3.63, 3.8) is 0 Å². The maximum absolute atomic E-state index is 10.8. The minimum Gasteiger partial charge on any atom is -0.480 e. The number of nitrogens with zero attached hydrogens (tertiary/aromatic N) is 2. The fourth-order valence-corrected chi connectivity index (χ4v) is 2.07. The van der Waals surface area contributed by atoms with Crippen molar-refractivity contribution in [2.75, 3.05) is 13.1 Å². The molecule has 0 bridgehead atoms. The van der Waals surface area contributed by atoms with Crippen molar-refractivity contribution in [2.24, 2.45) is 0 Å². The molecule has 106 valence electrons. The Morgan fingerprint density at radius 2 is 2.10 bits per heavy atom. The molecule has 1 aromatic heterocycles. The van der Waals surface area contributed by atoms with Crippen molar-refractivity contribution in [3.05, 3.63) is 42.2 Å². The summed E-state index contributed by atoms with van der Waals surface area (Å²) in [4.78, 5) is 12.6. The predicted octanol–water partition coefficient (Wildman–Crippen LogP) is 2.64. The van der Waals surface area contributed by atoms with E-state index in [1.807, 2.05) is 48.2 Å². The zero-order chi connectivity index (χ0) is 14.4. The van der Waals surface area contributed by atoms with E-state index in [4.69, 9.17) is 9.63 Å². The smallest absolute Gasteiger partial charge is 0.317 e. The van der Waals surface area contributed by atoms with Crippen LogP contribution in [-0.2, 0) is 11.3 Å². The number of benzene rings is 1. The number of carbonyl (C=O) groups is 1. The Balaban J connectivity index is 2.06. The van der Waals surface area contributed by atoms with E-state index in [0.29, 0.717) is 18.8 Å². The summed E-state index contributed by atoms with van der Waals surface area (Å²) >= 11 is 0. The molecule has 0 unspecified atom stereocenters. The Kier molecular flexibility index (Phi) is 4.90. The van der Waals surface area contributed by atoms with E-state index >= 15 is 0 Å². The number of carboxylic acids is 1. The summed E-state index contributed by atoms with van der Waals surface area (Å²) in [6, 6.07) is 11.6. The van der Waals surface area contributed by atoms with Crippen LogP contribution in [0.3, 0.4) is 0 Å². The van der Waals surface area contributed by atoms with Gasteiger partial charge in [0.15, 0.2) is 5.76 Å². The number of rotatable bonds is 7. The number of hydrogen-bond donors (Lipinski definition) is 1. The van der Waals surface area contributed by atoms with Crippen LogP contribution < -0.4 is 0 Å². The second-order valence-corrected chi connectivity index (χ2v) is 4.65. The summed E-state index contributed by atoms with van der Waals surface area (Å²) in [7, 11) is 0. The van der Waals surface area contributed by atoms with Crippen LogP contribution in [0, 0.1) is 0 Å². The largest absolute Gasteiger partial charge is 0.480 e. The fraction of sp³-hybridized carbons (Fsp3) is 0.333. The zero-order valence-electron chi connectivity index (χ0n) is 11.5. The molecule has 0 fully saturated rings. The number of carboxylic acid groups (broad SMARTS) is 1. The van der Waals surface area contributed by atoms with Crippen molar-refractivity contribution >= 4 is 5.97 Å². The molecule has 5 nitrogen and oxygen atoms in total. The molecule has 5 heteroatoms. The first-order valence-corrected chi connectivity index (χ1v) is 6.64. The molecule has 1 N–H and O–H groups in total. The molecule has 2 rings (SSSR count). The molecule has 0 aliphatic rings. The molecule has 0 amide bonds. The topological polar surface area (TPSA) is 66.6 Å². The fourth-order valence-electron chi connectivity index (χ4n) is 2.07. The molecule has 0 atom stereocenters. The quantitative estimate of drug-likeness (QED) is 0.840. The molecule has 2 aromatic rings. The maximum Gasteiger partial charge on any atom is 0.317 e. The summed E-state index contributed by atoms with van der Waals surface area (Å²) in [5.41, 5.74) is 1.76. The van der Waals surface area contributed by atoms with Gasteiger partial charge in [-0.3, -0.25) is 9.69 Å². The van der Waals surface area contributed by atoms with E-state index in [0.717, 1.165) is 17.7 Å². The molecule has 0 saturated heterocycles. The Morgan fingerprint density at radius 3 is 2.75 bits per heavy atom. The van der Waals surface area contributed by atoms with E-state index in [9.17, 15) is 4.79 Å². The van der Waals surface area contributed by atoms with Crippen molar-refractivity contribution in [2.45, 2.75) is 19.9 Å². The summed E-state index contributed by atoms with van der Waals surface area (Å²) in [6.45, 7) is 3.20. The van der Waals surface area contributed by atoms with Crippen molar-refractivity contribution in [3.8, 4) is 11.3 Å². The minimum absolute atomic E-state index is 0.00914. The summed E-state index contributed by atoms with van der Waals surface area (Å²) < 4.78 is 5.29. The van der Waals surface area contributed by atoms with Crippen LogP contribution in [0.25, 0.3) is 11.3 Å². The highest BCUT2D eigenvalue weighted by Gasteiger charge is 2.13. The lowest BCUT2D eigenvalue weighted by atomic mass is 10.1. The normalized spacial score (nSPS) is 10.9. The first-order valence-electron chi connectivity index (χ1n) is 6.64. The van der Waals surface area contributed by atoms with Gasteiger partial charge in [-0.1, -0.05) is 42.4 Å². The van der Waals surface area contributed by atoms with Gasteiger partial charge in [0.2, 0.25) is 0 Å². The number of aromatic nitrogens is 1. The SMILES string of the molecule is CCCN(CC(=O)O)Cc1cc(-c2ccccc2)no1. The van der Waals surface area contributed by atoms with E-state index in [-0.39, 0.29) is 6.54 Å². The highest BCUT2D eigenvalue weighted by Crippen LogP contribution is 2.19. The standard InChI is InChI=1S/C15H18N2O3/c1-2-8-17(11-15(18)19)10-13-9-14(16-20-13)12-6-4-3-5-7-12/h3-7,9H,2,8,10-11H2,1H3,(H,18,19). The lowest BCUT2D eigenvalue weighted by molar-refractivity contribution is -0.138. The Hall–Kier alpha value is -2.14. The number of hydrogen-bond acceptors (Lipinski definition) is 4. The Morgan fingerprint density at radius 1 is 1.35 bits per heavy atom. The monoisotopic (exact) mass is 274 g/mol. The lowest BCUT2D eigenvalue weighted by Gasteiger charge is -2.17. The molecular weight excluding hydrogens is 256 g/mol. The third kappa shape index (κ3) is 3.93. The summed E-state index contributed by atoms with van der Waals surface area (Å²) in [5, 5.41) is 12.9. The van der Waals surface area contributed by atoms with E-state index in [1.54, 1.807) is 0 Å². The van der Waals surface area contributed by atoms with Crippen LogP contribution in [-0.4, -0.2) is 34.2 Å². The van der Waals surface area contributed by atoms with Gasteiger partial charge in [0.05, 0.1) is 13.1 Å². The van der Waals surface area contributed by atoms with E-state index in [2.05, 4.69) is 5.16 Å². The molecule has 0 saturated carbocycles. The molecule has 0 radical (unpaired) electrons. The molecule has 20 heavy (non-hydrogen) atoms. The molecule has 0 aliphatic heterocycles. The van der Waals surface area contributed by atoms with Gasteiger partial charge in [0, 0.05) is 11.6 Å². The highest BCUT2D eigenvalue weighted by atomic mass is 16.5.